The highest BCUT2D eigenvalue weighted by Crippen LogP contribution is 2.31. The summed E-state index contributed by atoms with van der Waals surface area (Å²) in [5, 5.41) is 0. The number of benzene rings is 1. The van der Waals surface area contributed by atoms with E-state index in [0.717, 1.165) is 24.2 Å². The number of hydrogen-bond acceptors (Lipinski definition) is 3. The van der Waals surface area contributed by atoms with Crippen molar-refractivity contribution in [2.75, 3.05) is 13.7 Å². The zero-order valence-corrected chi connectivity index (χ0v) is 9.83. The van der Waals surface area contributed by atoms with Gasteiger partial charge in [-0.2, -0.15) is 0 Å². The molecule has 0 aromatic heterocycles. The van der Waals surface area contributed by atoms with Crippen LogP contribution in [0.15, 0.2) is 12.1 Å². The summed E-state index contributed by atoms with van der Waals surface area (Å²) in [7, 11) is 1.69. The van der Waals surface area contributed by atoms with Gasteiger partial charge >= 0.3 is 0 Å². The molecule has 0 heterocycles. The standard InChI is InChI=1S/C13H20N2O/c1-16-13-7-10-5-3-2-4-9(10)6-11(13)12(15)8-14/h6-7,12H,2-5,8,14-15H2,1H3/t12-/m1/s1. The van der Waals surface area contributed by atoms with E-state index in [1.165, 1.54) is 24.0 Å². The Hall–Kier alpha value is -1.06. The maximum absolute atomic E-state index is 6.00. The molecule has 1 aromatic carbocycles. The van der Waals surface area contributed by atoms with Gasteiger partial charge in [0.2, 0.25) is 0 Å². The van der Waals surface area contributed by atoms with E-state index in [4.69, 9.17) is 16.2 Å². The van der Waals surface area contributed by atoms with Crippen molar-refractivity contribution in [1.82, 2.24) is 0 Å². The van der Waals surface area contributed by atoms with Crippen LogP contribution in [0.3, 0.4) is 0 Å². The van der Waals surface area contributed by atoms with Crippen molar-refractivity contribution >= 4 is 0 Å². The number of nitrogens with two attached hydrogens (primary N) is 2. The van der Waals surface area contributed by atoms with Crippen LogP contribution in [-0.4, -0.2) is 13.7 Å². The molecule has 0 fully saturated rings. The summed E-state index contributed by atoms with van der Waals surface area (Å²) in [6.45, 7) is 0.454. The molecule has 88 valence electrons. The SMILES string of the molecule is COc1cc2c(cc1[C@H](N)CN)CCCC2. The first-order chi connectivity index (χ1) is 7.76. The maximum atomic E-state index is 6.00. The predicted octanol–water partition coefficient (Wildman–Crippen LogP) is 1.53. The zero-order chi connectivity index (χ0) is 11.5. The predicted molar refractivity (Wildman–Crippen MR) is 65.6 cm³/mol. The number of hydrogen-bond donors (Lipinski definition) is 2. The normalized spacial score (nSPS) is 16.7. The molecule has 0 saturated heterocycles. The van der Waals surface area contributed by atoms with Gasteiger partial charge in [-0.3, -0.25) is 0 Å². The van der Waals surface area contributed by atoms with E-state index in [0.29, 0.717) is 6.54 Å². The van der Waals surface area contributed by atoms with Crippen LogP contribution in [0.4, 0.5) is 0 Å². The van der Waals surface area contributed by atoms with E-state index in [1.54, 1.807) is 7.11 Å². The first-order valence-electron chi connectivity index (χ1n) is 5.91. The van der Waals surface area contributed by atoms with Crippen LogP contribution in [0.25, 0.3) is 0 Å². The quantitative estimate of drug-likeness (QED) is 0.812. The molecule has 1 aliphatic carbocycles. The Morgan fingerprint density at radius 2 is 1.88 bits per heavy atom. The highest BCUT2D eigenvalue weighted by Gasteiger charge is 2.16. The van der Waals surface area contributed by atoms with Crippen LogP contribution in [0, 0.1) is 0 Å². The number of rotatable bonds is 3. The Morgan fingerprint density at radius 1 is 1.25 bits per heavy atom. The summed E-state index contributed by atoms with van der Waals surface area (Å²) in [6, 6.07) is 4.20. The molecule has 3 heteroatoms. The molecule has 0 spiro atoms. The summed E-state index contributed by atoms with van der Waals surface area (Å²) < 4.78 is 5.40. The molecule has 0 unspecified atom stereocenters. The van der Waals surface area contributed by atoms with Gasteiger partial charge < -0.3 is 16.2 Å². The van der Waals surface area contributed by atoms with E-state index < -0.39 is 0 Å². The third-order valence-corrected chi connectivity index (χ3v) is 3.35. The Balaban J connectivity index is 2.43. The lowest BCUT2D eigenvalue weighted by Gasteiger charge is -2.21. The van der Waals surface area contributed by atoms with Gasteiger partial charge in [-0.05, 0) is 42.9 Å². The Kier molecular flexibility index (Phi) is 3.46. The minimum absolute atomic E-state index is 0.123. The van der Waals surface area contributed by atoms with E-state index in [-0.39, 0.29) is 6.04 Å². The maximum Gasteiger partial charge on any atom is 0.123 e. The minimum atomic E-state index is -0.123. The fraction of sp³-hybridized carbons (Fsp3) is 0.538. The second-order valence-electron chi connectivity index (χ2n) is 4.41. The van der Waals surface area contributed by atoms with Crippen LogP contribution in [0.2, 0.25) is 0 Å². The van der Waals surface area contributed by atoms with Crippen molar-refractivity contribution in [3.8, 4) is 5.75 Å². The molecule has 16 heavy (non-hydrogen) atoms. The van der Waals surface area contributed by atoms with Gasteiger partial charge in [-0.25, -0.2) is 0 Å². The van der Waals surface area contributed by atoms with E-state index >= 15 is 0 Å². The molecule has 0 radical (unpaired) electrons. The fourth-order valence-electron chi connectivity index (χ4n) is 2.38. The molecule has 4 N–H and O–H groups in total. The van der Waals surface area contributed by atoms with Gasteiger partial charge in [0.1, 0.15) is 5.75 Å². The number of methoxy groups -OCH3 is 1. The van der Waals surface area contributed by atoms with E-state index in [9.17, 15) is 0 Å². The molecule has 0 bridgehead atoms. The molecular weight excluding hydrogens is 200 g/mol. The first-order valence-corrected chi connectivity index (χ1v) is 5.91. The van der Waals surface area contributed by atoms with Crippen LogP contribution < -0.4 is 16.2 Å². The topological polar surface area (TPSA) is 61.3 Å². The van der Waals surface area contributed by atoms with E-state index in [2.05, 4.69) is 12.1 Å². The summed E-state index contributed by atoms with van der Waals surface area (Å²) in [6.07, 6.45) is 4.86. The lowest BCUT2D eigenvalue weighted by Crippen LogP contribution is -2.22. The summed E-state index contributed by atoms with van der Waals surface area (Å²) in [4.78, 5) is 0. The van der Waals surface area contributed by atoms with E-state index in [1.807, 2.05) is 0 Å². The molecular formula is C13H20N2O. The molecule has 0 amide bonds. The second kappa shape index (κ2) is 4.85. The van der Waals surface area contributed by atoms with Gasteiger partial charge in [0.15, 0.2) is 0 Å². The molecule has 0 saturated carbocycles. The van der Waals surface area contributed by atoms with Crippen LogP contribution >= 0.6 is 0 Å². The minimum Gasteiger partial charge on any atom is -0.496 e. The van der Waals surface area contributed by atoms with Crippen molar-refractivity contribution < 1.29 is 4.74 Å². The van der Waals surface area contributed by atoms with Crippen molar-refractivity contribution in [2.24, 2.45) is 11.5 Å². The van der Waals surface area contributed by atoms with Gasteiger partial charge in [0, 0.05) is 18.2 Å². The largest absolute Gasteiger partial charge is 0.496 e. The molecule has 2 rings (SSSR count). The molecule has 1 atom stereocenters. The third kappa shape index (κ3) is 2.06. The number of aryl methyl sites for hydroxylation is 2. The summed E-state index contributed by atoms with van der Waals surface area (Å²) >= 11 is 0. The van der Waals surface area contributed by atoms with Crippen molar-refractivity contribution in [1.29, 1.82) is 0 Å². The zero-order valence-electron chi connectivity index (χ0n) is 9.83. The Labute approximate surface area is 96.8 Å². The van der Waals surface area contributed by atoms with Gasteiger partial charge in [-0.1, -0.05) is 6.07 Å². The van der Waals surface area contributed by atoms with Gasteiger partial charge in [0.25, 0.3) is 0 Å². The van der Waals surface area contributed by atoms with Crippen LogP contribution in [0.1, 0.15) is 35.6 Å². The Bertz CT molecular complexity index is 376. The molecule has 3 nitrogen and oxygen atoms in total. The second-order valence-corrected chi connectivity index (χ2v) is 4.41. The van der Waals surface area contributed by atoms with Crippen molar-refractivity contribution in [2.45, 2.75) is 31.7 Å². The fourth-order valence-corrected chi connectivity index (χ4v) is 2.38. The number of fused-ring (bicyclic) bond motifs is 1. The first kappa shape index (κ1) is 11.4. The lowest BCUT2D eigenvalue weighted by molar-refractivity contribution is 0.404. The highest BCUT2D eigenvalue weighted by atomic mass is 16.5. The van der Waals surface area contributed by atoms with Gasteiger partial charge in [0.05, 0.1) is 7.11 Å². The Morgan fingerprint density at radius 3 is 2.44 bits per heavy atom. The molecule has 1 aromatic rings. The van der Waals surface area contributed by atoms with Crippen LogP contribution in [-0.2, 0) is 12.8 Å². The monoisotopic (exact) mass is 220 g/mol. The lowest BCUT2D eigenvalue weighted by atomic mass is 9.88. The highest BCUT2D eigenvalue weighted by molar-refractivity contribution is 5.45. The van der Waals surface area contributed by atoms with Gasteiger partial charge in [-0.15, -0.1) is 0 Å². The number of ether oxygens (including phenoxy) is 1. The average molecular weight is 220 g/mol. The van der Waals surface area contributed by atoms with Crippen molar-refractivity contribution in [3.05, 3.63) is 28.8 Å². The third-order valence-electron chi connectivity index (χ3n) is 3.35. The van der Waals surface area contributed by atoms with Crippen molar-refractivity contribution in [3.63, 3.8) is 0 Å². The smallest absolute Gasteiger partial charge is 0.123 e. The van der Waals surface area contributed by atoms with Crippen LogP contribution in [0.5, 0.6) is 5.75 Å². The average Bonchev–Trinajstić information content (AvgIpc) is 2.36. The summed E-state index contributed by atoms with van der Waals surface area (Å²) in [5.41, 5.74) is 15.5. The molecule has 1 aliphatic rings. The summed E-state index contributed by atoms with van der Waals surface area (Å²) in [5.74, 6) is 0.888. The molecule has 0 aliphatic heterocycles.